The SMILES string of the molecule is CC1CCN(Cc2nc(C(C)C)c(/C=C/C(=O)O)s2)CC1. The fourth-order valence-corrected chi connectivity index (χ4v) is 3.72. The van der Waals surface area contributed by atoms with Gasteiger partial charge in [-0.3, -0.25) is 4.90 Å². The van der Waals surface area contributed by atoms with Gasteiger partial charge >= 0.3 is 5.97 Å². The summed E-state index contributed by atoms with van der Waals surface area (Å²) in [6.07, 6.45) is 5.39. The van der Waals surface area contributed by atoms with Gasteiger partial charge in [-0.2, -0.15) is 0 Å². The maximum absolute atomic E-state index is 10.7. The standard InChI is InChI=1S/C16H24N2O2S/c1-11(2)16-13(4-5-15(19)20)21-14(17-16)10-18-8-6-12(3)7-9-18/h4-5,11-12H,6-10H2,1-3H3,(H,19,20)/b5-4+. The zero-order valence-electron chi connectivity index (χ0n) is 13.0. The van der Waals surface area contributed by atoms with Crippen LogP contribution in [0.4, 0.5) is 0 Å². The summed E-state index contributed by atoms with van der Waals surface area (Å²) < 4.78 is 0. The van der Waals surface area contributed by atoms with E-state index in [4.69, 9.17) is 10.1 Å². The van der Waals surface area contributed by atoms with Crippen LogP contribution in [-0.4, -0.2) is 34.0 Å². The number of carbonyl (C=O) groups is 1. The zero-order chi connectivity index (χ0) is 15.4. The number of aliphatic carboxylic acids is 1. The smallest absolute Gasteiger partial charge is 0.328 e. The number of carboxylic acids is 1. The fraction of sp³-hybridized carbons (Fsp3) is 0.625. The number of piperidine rings is 1. The molecule has 21 heavy (non-hydrogen) atoms. The van der Waals surface area contributed by atoms with E-state index in [0.29, 0.717) is 5.92 Å². The van der Waals surface area contributed by atoms with E-state index in [9.17, 15) is 4.79 Å². The Morgan fingerprint density at radius 3 is 2.71 bits per heavy atom. The summed E-state index contributed by atoms with van der Waals surface area (Å²) in [7, 11) is 0. The van der Waals surface area contributed by atoms with Crippen LogP contribution in [0.15, 0.2) is 6.08 Å². The predicted molar refractivity (Wildman–Crippen MR) is 86.5 cm³/mol. The van der Waals surface area contributed by atoms with Crippen molar-refractivity contribution in [3.05, 3.63) is 21.7 Å². The van der Waals surface area contributed by atoms with Gasteiger partial charge in [0, 0.05) is 6.08 Å². The quantitative estimate of drug-likeness (QED) is 0.845. The summed E-state index contributed by atoms with van der Waals surface area (Å²) >= 11 is 1.62. The fourth-order valence-electron chi connectivity index (χ4n) is 2.55. The van der Waals surface area contributed by atoms with Crippen LogP contribution in [0.5, 0.6) is 0 Å². The van der Waals surface area contributed by atoms with Gasteiger partial charge in [-0.15, -0.1) is 11.3 Å². The van der Waals surface area contributed by atoms with Crippen LogP contribution in [-0.2, 0) is 11.3 Å². The molecule has 0 unspecified atom stereocenters. The van der Waals surface area contributed by atoms with E-state index in [1.54, 1.807) is 17.4 Å². The van der Waals surface area contributed by atoms with Gasteiger partial charge in [0.25, 0.3) is 0 Å². The Labute approximate surface area is 130 Å². The highest BCUT2D eigenvalue weighted by atomic mass is 32.1. The molecule has 2 heterocycles. The van der Waals surface area contributed by atoms with Crippen molar-refractivity contribution in [1.82, 2.24) is 9.88 Å². The molecule has 0 radical (unpaired) electrons. The van der Waals surface area contributed by atoms with Crippen molar-refractivity contribution in [1.29, 1.82) is 0 Å². The minimum Gasteiger partial charge on any atom is -0.478 e. The average molecular weight is 308 g/mol. The topological polar surface area (TPSA) is 53.4 Å². The first-order valence-corrected chi connectivity index (χ1v) is 8.40. The summed E-state index contributed by atoms with van der Waals surface area (Å²) in [5.41, 5.74) is 1.01. The Bertz CT molecular complexity index is 514. The van der Waals surface area contributed by atoms with Crippen molar-refractivity contribution in [3.8, 4) is 0 Å². The summed E-state index contributed by atoms with van der Waals surface area (Å²) in [5, 5.41) is 9.88. The van der Waals surface area contributed by atoms with Gasteiger partial charge < -0.3 is 5.11 Å². The van der Waals surface area contributed by atoms with Crippen molar-refractivity contribution >= 4 is 23.4 Å². The van der Waals surface area contributed by atoms with Crippen LogP contribution in [0.1, 0.15) is 55.1 Å². The number of likely N-dealkylation sites (tertiary alicyclic amines) is 1. The average Bonchev–Trinajstić information content (AvgIpc) is 2.82. The lowest BCUT2D eigenvalue weighted by molar-refractivity contribution is -0.131. The predicted octanol–water partition coefficient (Wildman–Crippen LogP) is 3.60. The van der Waals surface area contributed by atoms with E-state index in [1.165, 1.54) is 18.9 Å². The Morgan fingerprint density at radius 2 is 2.14 bits per heavy atom. The molecule has 0 saturated carbocycles. The Morgan fingerprint density at radius 1 is 1.48 bits per heavy atom. The van der Waals surface area contributed by atoms with Crippen molar-refractivity contribution in [2.24, 2.45) is 5.92 Å². The van der Waals surface area contributed by atoms with Crippen LogP contribution in [0, 0.1) is 5.92 Å². The summed E-state index contributed by atoms with van der Waals surface area (Å²) in [4.78, 5) is 18.9. The second kappa shape index (κ2) is 7.18. The zero-order valence-corrected chi connectivity index (χ0v) is 13.8. The molecule has 1 N–H and O–H groups in total. The van der Waals surface area contributed by atoms with Gasteiger partial charge in [0.1, 0.15) is 5.01 Å². The molecule has 1 fully saturated rings. The molecule has 0 atom stereocenters. The highest BCUT2D eigenvalue weighted by Crippen LogP contribution is 2.28. The minimum atomic E-state index is -0.912. The number of nitrogens with zero attached hydrogens (tertiary/aromatic N) is 2. The van der Waals surface area contributed by atoms with Gasteiger partial charge in [-0.05, 0) is 43.8 Å². The molecule has 4 nitrogen and oxygen atoms in total. The third-order valence-electron chi connectivity index (χ3n) is 3.88. The Kier molecular flexibility index (Phi) is 5.53. The molecule has 5 heteroatoms. The molecular formula is C16H24N2O2S. The summed E-state index contributed by atoms with van der Waals surface area (Å²) in [6, 6.07) is 0. The number of rotatable bonds is 5. The van der Waals surface area contributed by atoms with E-state index >= 15 is 0 Å². The molecule has 1 aromatic rings. The molecule has 1 saturated heterocycles. The Hall–Kier alpha value is -1.20. The molecule has 1 aromatic heterocycles. The van der Waals surface area contributed by atoms with Gasteiger partial charge in [0.2, 0.25) is 0 Å². The van der Waals surface area contributed by atoms with E-state index < -0.39 is 5.97 Å². The summed E-state index contributed by atoms with van der Waals surface area (Å²) in [6.45, 7) is 9.67. The molecule has 0 aliphatic carbocycles. The first kappa shape index (κ1) is 16.2. The Balaban J connectivity index is 2.09. The van der Waals surface area contributed by atoms with E-state index in [-0.39, 0.29) is 0 Å². The molecule has 1 aliphatic rings. The van der Waals surface area contributed by atoms with Gasteiger partial charge in [0.15, 0.2) is 0 Å². The van der Waals surface area contributed by atoms with Crippen LogP contribution >= 0.6 is 11.3 Å². The number of carboxylic acid groups (broad SMARTS) is 1. The monoisotopic (exact) mass is 308 g/mol. The lowest BCUT2D eigenvalue weighted by Gasteiger charge is -2.29. The van der Waals surface area contributed by atoms with Crippen molar-refractivity contribution in [3.63, 3.8) is 0 Å². The number of aromatic nitrogens is 1. The third-order valence-corrected chi connectivity index (χ3v) is 4.91. The van der Waals surface area contributed by atoms with E-state index in [0.717, 1.165) is 41.1 Å². The maximum atomic E-state index is 10.7. The van der Waals surface area contributed by atoms with E-state index in [1.807, 2.05) is 0 Å². The molecule has 0 bridgehead atoms. The molecule has 0 spiro atoms. The molecular weight excluding hydrogens is 284 g/mol. The third kappa shape index (κ3) is 4.64. The normalized spacial score (nSPS) is 17.9. The molecule has 0 aromatic carbocycles. The van der Waals surface area contributed by atoms with Crippen LogP contribution < -0.4 is 0 Å². The van der Waals surface area contributed by atoms with Gasteiger partial charge in [-0.1, -0.05) is 20.8 Å². The summed E-state index contributed by atoms with van der Waals surface area (Å²) in [5.74, 6) is 0.229. The molecule has 0 amide bonds. The lowest BCUT2D eigenvalue weighted by Crippen LogP contribution is -2.32. The molecule has 2 rings (SSSR count). The second-order valence-electron chi connectivity index (χ2n) is 6.14. The highest BCUT2D eigenvalue weighted by molar-refractivity contribution is 7.12. The van der Waals surface area contributed by atoms with Crippen molar-refractivity contribution in [2.45, 2.75) is 46.1 Å². The lowest BCUT2D eigenvalue weighted by atomic mass is 9.99. The highest BCUT2D eigenvalue weighted by Gasteiger charge is 2.19. The van der Waals surface area contributed by atoms with Crippen molar-refractivity contribution < 1.29 is 9.90 Å². The van der Waals surface area contributed by atoms with Crippen molar-refractivity contribution in [2.75, 3.05) is 13.1 Å². The molecule has 1 aliphatic heterocycles. The largest absolute Gasteiger partial charge is 0.478 e. The van der Waals surface area contributed by atoms with Crippen LogP contribution in [0.3, 0.4) is 0 Å². The first-order chi connectivity index (χ1) is 9.95. The van der Waals surface area contributed by atoms with Crippen LogP contribution in [0.25, 0.3) is 6.08 Å². The maximum Gasteiger partial charge on any atom is 0.328 e. The van der Waals surface area contributed by atoms with Gasteiger partial charge in [0.05, 0.1) is 17.1 Å². The second-order valence-corrected chi connectivity index (χ2v) is 7.26. The number of hydrogen-bond donors (Lipinski definition) is 1. The first-order valence-electron chi connectivity index (χ1n) is 7.58. The number of hydrogen-bond acceptors (Lipinski definition) is 4. The van der Waals surface area contributed by atoms with E-state index in [2.05, 4.69) is 25.7 Å². The molecule has 116 valence electrons. The van der Waals surface area contributed by atoms with Crippen LogP contribution in [0.2, 0.25) is 0 Å². The minimum absolute atomic E-state index is 0.310. The van der Waals surface area contributed by atoms with Gasteiger partial charge in [-0.25, -0.2) is 9.78 Å². The number of thiazole rings is 1.